The van der Waals surface area contributed by atoms with E-state index in [1.54, 1.807) is 10.9 Å². The van der Waals surface area contributed by atoms with Gasteiger partial charge in [-0.25, -0.2) is 5.10 Å². The number of aromatic amines is 1. The Morgan fingerprint density at radius 2 is 1.91 bits per heavy atom. The van der Waals surface area contributed by atoms with Crippen molar-refractivity contribution in [3.63, 3.8) is 0 Å². The van der Waals surface area contributed by atoms with Gasteiger partial charge in [-0.3, -0.25) is 0 Å². The standard InChI is InChI=1S/C16H13ClN4S/c1-11-4-2-3-5-14(11)15-19-20-16(22)21(15)18-10-12-6-8-13(17)9-7-12/h2-10H,1H3,(H,20,22)/b18-10+. The molecule has 0 radical (unpaired) electrons. The molecule has 0 saturated carbocycles. The Balaban J connectivity index is 2.02. The summed E-state index contributed by atoms with van der Waals surface area (Å²) in [6.45, 7) is 2.03. The molecule has 2 aromatic carbocycles. The van der Waals surface area contributed by atoms with E-state index in [4.69, 9.17) is 23.8 Å². The fraction of sp³-hybridized carbons (Fsp3) is 0.0625. The first-order chi connectivity index (χ1) is 10.6. The highest BCUT2D eigenvalue weighted by Gasteiger charge is 2.09. The first-order valence-corrected chi connectivity index (χ1v) is 7.47. The molecule has 1 heterocycles. The van der Waals surface area contributed by atoms with Crippen LogP contribution in [0.2, 0.25) is 5.02 Å². The third-order valence-electron chi connectivity index (χ3n) is 3.23. The van der Waals surface area contributed by atoms with Crippen molar-refractivity contribution < 1.29 is 0 Å². The molecule has 0 aliphatic carbocycles. The summed E-state index contributed by atoms with van der Waals surface area (Å²) in [4.78, 5) is 0. The van der Waals surface area contributed by atoms with Crippen LogP contribution >= 0.6 is 23.8 Å². The Morgan fingerprint density at radius 3 is 2.64 bits per heavy atom. The molecule has 1 N–H and O–H groups in total. The second-order valence-corrected chi connectivity index (χ2v) is 5.60. The van der Waals surface area contributed by atoms with Crippen LogP contribution in [0.1, 0.15) is 11.1 Å². The predicted molar refractivity (Wildman–Crippen MR) is 92.0 cm³/mol. The molecular weight excluding hydrogens is 316 g/mol. The van der Waals surface area contributed by atoms with E-state index in [1.807, 2.05) is 55.5 Å². The maximum atomic E-state index is 5.88. The lowest BCUT2D eigenvalue weighted by Gasteiger charge is -2.04. The molecule has 110 valence electrons. The van der Waals surface area contributed by atoms with Gasteiger partial charge < -0.3 is 0 Å². The van der Waals surface area contributed by atoms with Crippen molar-refractivity contribution in [3.8, 4) is 11.4 Å². The van der Waals surface area contributed by atoms with Gasteiger partial charge in [0.25, 0.3) is 0 Å². The van der Waals surface area contributed by atoms with Gasteiger partial charge in [0.2, 0.25) is 4.77 Å². The smallest absolute Gasteiger partial charge is 0.216 e. The predicted octanol–water partition coefficient (Wildman–Crippen LogP) is 4.45. The number of H-pyrrole nitrogens is 1. The van der Waals surface area contributed by atoms with Crippen LogP contribution in [-0.2, 0) is 0 Å². The topological polar surface area (TPSA) is 46.0 Å². The summed E-state index contributed by atoms with van der Waals surface area (Å²) in [6, 6.07) is 15.4. The molecule has 0 bridgehead atoms. The first-order valence-electron chi connectivity index (χ1n) is 6.68. The molecule has 0 unspecified atom stereocenters. The minimum Gasteiger partial charge on any atom is -0.250 e. The van der Waals surface area contributed by atoms with Crippen molar-refractivity contribution in [2.75, 3.05) is 0 Å². The second-order valence-electron chi connectivity index (χ2n) is 4.78. The Kier molecular flexibility index (Phi) is 4.18. The summed E-state index contributed by atoms with van der Waals surface area (Å²) in [5.41, 5.74) is 3.03. The van der Waals surface area contributed by atoms with Gasteiger partial charge in [-0.15, -0.1) is 0 Å². The number of benzene rings is 2. The number of aryl methyl sites for hydroxylation is 1. The molecule has 0 amide bonds. The highest BCUT2D eigenvalue weighted by atomic mass is 35.5. The van der Waals surface area contributed by atoms with Crippen molar-refractivity contribution in [3.05, 3.63) is 69.5 Å². The molecule has 0 fully saturated rings. The van der Waals surface area contributed by atoms with Crippen molar-refractivity contribution in [1.29, 1.82) is 0 Å². The van der Waals surface area contributed by atoms with Gasteiger partial charge in [-0.05, 0) is 42.4 Å². The normalized spacial score (nSPS) is 11.2. The van der Waals surface area contributed by atoms with Crippen LogP contribution in [0.5, 0.6) is 0 Å². The summed E-state index contributed by atoms with van der Waals surface area (Å²) in [6.07, 6.45) is 1.73. The zero-order valence-corrected chi connectivity index (χ0v) is 13.4. The molecule has 0 saturated heterocycles. The molecule has 0 spiro atoms. The van der Waals surface area contributed by atoms with Crippen LogP contribution in [0.3, 0.4) is 0 Å². The van der Waals surface area contributed by atoms with Crippen LogP contribution < -0.4 is 0 Å². The quantitative estimate of drug-likeness (QED) is 0.570. The Labute approximate surface area is 138 Å². The van der Waals surface area contributed by atoms with Gasteiger partial charge in [-0.2, -0.15) is 14.9 Å². The van der Waals surface area contributed by atoms with E-state index in [0.717, 1.165) is 16.7 Å². The molecule has 0 atom stereocenters. The number of hydrogen-bond acceptors (Lipinski definition) is 3. The molecule has 0 aliphatic rings. The fourth-order valence-electron chi connectivity index (χ4n) is 2.07. The largest absolute Gasteiger partial charge is 0.250 e. The molecule has 0 aliphatic heterocycles. The minimum absolute atomic E-state index is 0.448. The third kappa shape index (κ3) is 3.00. The molecule has 3 aromatic rings. The van der Waals surface area contributed by atoms with Crippen molar-refractivity contribution in [1.82, 2.24) is 14.9 Å². The van der Waals surface area contributed by atoms with Crippen LogP contribution in [0.25, 0.3) is 11.4 Å². The lowest BCUT2D eigenvalue weighted by molar-refractivity contribution is 0.871. The van der Waals surface area contributed by atoms with Gasteiger partial charge in [0.1, 0.15) is 0 Å². The molecule has 4 nitrogen and oxygen atoms in total. The third-order valence-corrected chi connectivity index (χ3v) is 3.74. The van der Waals surface area contributed by atoms with Crippen molar-refractivity contribution in [2.24, 2.45) is 5.10 Å². The summed E-state index contributed by atoms with van der Waals surface area (Å²) in [5, 5.41) is 12.2. The van der Waals surface area contributed by atoms with E-state index in [-0.39, 0.29) is 0 Å². The van der Waals surface area contributed by atoms with Gasteiger partial charge in [-0.1, -0.05) is 48.0 Å². The summed E-state index contributed by atoms with van der Waals surface area (Å²) < 4.78 is 2.06. The number of rotatable bonds is 3. The van der Waals surface area contributed by atoms with Gasteiger partial charge in [0, 0.05) is 10.6 Å². The average Bonchev–Trinajstić information content (AvgIpc) is 2.88. The monoisotopic (exact) mass is 328 g/mol. The highest BCUT2D eigenvalue weighted by Crippen LogP contribution is 2.21. The average molecular weight is 329 g/mol. The van der Waals surface area contributed by atoms with Gasteiger partial charge in [0.05, 0.1) is 6.21 Å². The number of nitrogens with zero attached hydrogens (tertiary/aromatic N) is 3. The van der Waals surface area contributed by atoms with E-state index in [1.165, 1.54) is 0 Å². The Bertz CT molecular complexity index is 878. The number of aromatic nitrogens is 3. The Hall–Kier alpha value is -2.24. The lowest BCUT2D eigenvalue weighted by atomic mass is 10.1. The van der Waals surface area contributed by atoms with Gasteiger partial charge >= 0.3 is 0 Å². The van der Waals surface area contributed by atoms with E-state index in [2.05, 4.69) is 15.3 Å². The van der Waals surface area contributed by atoms with Crippen LogP contribution in [0.15, 0.2) is 53.6 Å². The zero-order chi connectivity index (χ0) is 15.5. The number of nitrogens with one attached hydrogen (secondary N) is 1. The zero-order valence-electron chi connectivity index (χ0n) is 11.8. The second kappa shape index (κ2) is 6.25. The summed E-state index contributed by atoms with van der Waals surface area (Å²) in [7, 11) is 0. The highest BCUT2D eigenvalue weighted by molar-refractivity contribution is 7.71. The molecule has 1 aromatic heterocycles. The molecule has 22 heavy (non-hydrogen) atoms. The molecular formula is C16H13ClN4S. The number of hydrogen-bond donors (Lipinski definition) is 1. The van der Waals surface area contributed by atoms with E-state index in [0.29, 0.717) is 15.6 Å². The van der Waals surface area contributed by atoms with E-state index >= 15 is 0 Å². The van der Waals surface area contributed by atoms with Crippen molar-refractivity contribution in [2.45, 2.75) is 6.92 Å². The summed E-state index contributed by atoms with van der Waals surface area (Å²) >= 11 is 11.1. The van der Waals surface area contributed by atoms with Crippen LogP contribution in [-0.4, -0.2) is 21.1 Å². The SMILES string of the molecule is Cc1ccccc1-c1n[nH]c(=S)n1/N=C/c1ccc(Cl)cc1. The van der Waals surface area contributed by atoms with Gasteiger partial charge in [0.15, 0.2) is 5.82 Å². The molecule has 6 heteroatoms. The fourth-order valence-corrected chi connectivity index (χ4v) is 2.38. The van der Waals surface area contributed by atoms with Crippen LogP contribution in [0, 0.1) is 11.7 Å². The minimum atomic E-state index is 0.448. The van der Waals surface area contributed by atoms with Crippen LogP contribution in [0.4, 0.5) is 0 Å². The number of halogens is 1. The maximum absolute atomic E-state index is 5.88. The molecule has 3 rings (SSSR count). The van der Waals surface area contributed by atoms with Crippen molar-refractivity contribution >= 4 is 30.0 Å². The first kappa shape index (κ1) is 14.7. The Morgan fingerprint density at radius 1 is 1.18 bits per heavy atom. The van der Waals surface area contributed by atoms with E-state index in [9.17, 15) is 0 Å². The summed E-state index contributed by atoms with van der Waals surface area (Å²) in [5.74, 6) is 0.688. The lowest BCUT2D eigenvalue weighted by Crippen LogP contribution is -1.96. The maximum Gasteiger partial charge on any atom is 0.216 e. The van der Waals surface area contributed by atoms with E-state index < -0.39 is 0 Å².